The molecular weight excluding hydrogens is 294 g/mol. The minimum absolute atomic E-state index is 0.494. The number of para-hydroxylation sites is 1. The normalized spacial score (nSPS) is 13.3. The molecule has 1 rings (SSSR count). The van der Waals surface area contributed by atoms with Crippen LogP contribution in [0.4, 0.5) is 5.69 Å². The number of benzene rings is 1. The van der Waals surface area contributed by atoms with E-state index in [2.05, 4.69) is 95.1 Å². The number of nitrogens with one attached hydrogen (secondary N) is 1. The van der Waals surface area contributed by atoms with Gasteiger partial charge in [0.25, 0.3) is 0 Å². The van der Waals surface area contributed by atoms with E-state index in [0.717, 1.165) is 24.5 Å². The highest BCUT2D eigenvalue weighted by atomic mass is 15.1. The molecule has 24 heavy (non-hydrogen) atoms. The van der Waals surface area contributed by atoms with Gasteiger partial charge in [-0.25, -0.2) is 0 Å². The van der Waals surface area contributed by atoms with Crippen LogP contribution < -0.4 is 5.32 Å². The minimum Gasteiger partial charge on any atom is -0.359 e. The van der Waals surface area contributed by atoms with Crippen molar-refractivity contribution in [3.63, 3.8) is 0 Å². The molecule has 0 aliphatic heterocycles. The molecule has 0 amide bonds. The highest BCUT2D eigenvalue weighted by Gasteiger charge is 2.13. The highest BCUT2D eigenvalue weighted by molar-refractivity contribution is 5.93. The van der Waals surface area contributed by atoms with Crippen molar-refractivity contribution in [2.45, 2.75) is 53.4 Å². The molecule has 0 heterocycles. The van der Waals surface area contributed by atoms with E-state index in [1.54, 1.807) is 0 Å². The predicted octanol–water partition coefficient (Wildman–Crippen LogP) is 5.27. The second-order valence-corrected chi connectivity index (χ2v) is 7.40. The largest absolute Gasteiger partial charge is 0.359 e. The van der Waals surface area contributed by atoms with Gasteiger partial charge in [-0.15, -0.1) is 0 Å². The van der Waals surface area contributed by atoms with E-state index in [-0.39, 0.29) is 0 Å². The number of aliphatic imine (C=N–C) groups is 1. The molecule has 3 nitrogen and oxygen atoms in total. The van der Waals surface area contributed by atoms with Crippen molar-refractivity contribution in [1.82, 2.24) is 4.90 Å². The zero-order valence-corrected chi connectivity index (χ0v) is 16.8. The Morgan fingerprint density at radius 2 is 1.62 bits per heavy atom. The second kappa shape index (κ2) is 9.63. The van der Waals surface area contributed by atoms with Gasteiger partial charge < -0.3 is 10.2 Å². The van der Waals surface area contributed by atoms with E-state index in [1.807, 2.05) is 0 Å². The molecule has 1 aromatic rings. The number of likely N-dealkylation sites (N-methyl/N-ethyl adjacent to an activating group) is 1. The van der Waals surface area contributed by atoms with Gasteiger partial charge in [0.15, 0.2) is 0 Å². The van der Waals surface area contributed by atoms with Crippen molar-refractivity contribution in [3.8, 4) is 0 Å². The number of anilines is 1. The lowest BCUT2D eigenvalue weighted by Gasteiger charge is -2.21. The highest BCUT2D eigenvalue weighted by Crippen LogP contribution is 2.33. The van der Waals surface area contributed by atoms with Gasteiger partial charge in [0.05, 0.1) is 6.54 Å². The van der Waals surface area contributed by atoms with Crippen LogP contribution in [-0.2, 0) is 0 Å². The molecule has 0 aliphatic rings. The van der Waals surface area contributed by atoms with Crippen LogP contribution in [0.1, 0.15) is 64.5 Å². The Hall–Kier alpha value is -1.61. The average molecular weight is 330 g/mol. The number of allylic oxidation sites excluding steroid dienone is 2. The second-order valence-electron chi connectivity index (χ2n) is 7.40. The monoisotopic (exact) mass is 329 g/mol. The van der Waals surface area contributed by atoms with Crippen molar-refractivity contribution < 1.29 is 0 Å². The number of hydrogen-bond acceptors (Lipinski definition) is 3. The Labute approximate surface area is 148 Å². The fraction of sp³-hybridized carbons (Fsp3) is 0.571. The lowest BCUT2D eigenvalue weighted by molar-refractivity contribution is 0.420. The quantitative estimate of drug-likeness (QED) is 0.658. The summed E-state index contributed by atoms with van der Waals surface area (Å²) >= 11 is 0. The van der Waals surface area contributed by atoms with Gasteiger partial charge in [-0.05, 0) is 57.0 Å². The summed E-state index contributed by atoms with van der Waals surface area (Å²) in [4.78, 5) is 6.77. The van der Waals surface area contributed by atoms with Gasteiger partial charge in [-0.2, -0.15) is 0 Å². The van der Waals surface area contributed by atoms with Crippen molar-refractivity contribution in [2.24, 2.45) is 4.99 Å². The van der Waals surface area contributed by atoms with Gasteiger partial charge in [-0.1, -0.05) is 45.9 Å². The number of rotatable bonds is 8. The summed E-state index contributed by atoms with van der Waals surface area (Å²) < 4.78 is 0. The van der Waals surface area contributed by atoms with Crippen LogP contribution in [0.3, 0.4) is 0 Å². The molecular formula is C21H35N3. The zero-order chi connectivity index (χ0) is 18.3. The number of hydrogen-bond donors (Lipinski definition) is 1. The maximum absolute atomic E-state index is 4.62. The molecule has 0 radical (unpaired) electrons. The molecule has 0 spiro atoms. The predicted molar refractivity (Wildman–Crippen MR) is 109 cm³/mol. The van der Waals surface area contributed by atoms with Crippen molar-refractivity contribution in [3.05, 3.63) is 41.1 Å². The summed E-state index contributed by atoms with van der Waals surface area (Å²) in [5, 5.41) is 3.64. The van der Waals surface area contributed by atoms with E-state index in [9.17, 15) is 0 Å². The van der Waals surface area contributed by atoms with E-state index < -0.39 is 0 Å². The first-order valence-corrected chi connectivity index (χ1v) is 8.96. The summed E-state index contributed by atoms with van der Waals surface area (Å²) in [6.45, 7) is 15.0. The fourth-order valence-corrected chi connectivity index (χ4v) is 2.71. The molecule has 1 aromatic carbocycles. The van der Waals surface area contributed by atoms with Crippen LogP contribution in [-0.4, -0.2) is 37.8 Å². The Kier molecular flexibility index (Phi) is 8.20. The Balaban J connectivity index is 3.00. The third-order valence-electron chi connectivity index (χ3n) is 4.03. The summed E-state index contributed by atoms with van der Waals surface area (Å²) in [5.41, 5.74) is 6.20. The summed E-state index contributed by atoms with van der Waals surface area (Å²) in [6.07, 6.45) is 2.14. The lowest BCUT2D eigenvalue weighted by Crippen LogP contribution is -2.15. The van der Waals surface area contributed by atoms with E-state index in [4.69, 9.17) is 0 Å². The molecule has 1 N–H and O–H groups in total. The van der Waals surface area contributed by atoms with Gasteiger partial charge >= 0.3 is 0 Å². The first-order chi connectivity index (χ1) is 11.2. The summed E-state index contributed by atoms with van der Waals surface area (Å²) in [6, 6.07) is 6.62. The van der Waals surface area contributed by atoms with E-state index in [0.29, 0.717) is 11.8 Å². The smallest absolute Gasteiger partial charge is 0.0519 e. The van der Waals surface area contributed by atoms with Gasteiger partial charge in [0.2, 0.25) is 0 Å². The lowest BCUT2D eigenvalue weighted by atomic mass is 9.92. The fourth-order valence-electron chi connectivity index (χ4n) is 2.71. The van der Waals surface area contributed by atoms with Crippen LogP contribution in [0, 0.1) is 0 Å². The number of nitrogens with zero attached hydrogens (tertiary/aromatic N) is 2. The van der Waals surface area contributed by atoms with Crippen LogP contribution in [0.5, 0.6) is 0 Å². The van der Waals surface area contributed by atoms with Crippen LogP contribution >= 0.6 is 0 Å². The molecule has 0 saturated heterocycles. The van der Waals surface area contributed by atoms with Crippen LogP contribution in [0.25, 0.3) is 0 Å². The Morgan fingerprint density at radius 3 is 2.08 bits per heavy atom. The first kappa shape index (κ1) is 20.4. The third kappa shape index (κ3) is 6.48. The van der Waals surface area contributed by atoms with Gasteiger partial charge in [0, 0.05) is 23.6 Å². The van der Waals surface area contributed by atoms with Crippen LogP contribution in [0.15, 0.2) is 35.0 Å². The van der Waals surface area contributed by atoms with Crippen LogP contribution in [0.2, 0.25) is 0 Å². The maximum atomic E-state index is 4.62. The van der Waals surface area contributed by atoms with E-state index in [1.165, 1.54) is 16.8 Å². The zero-order valence-electron chi connectivity index (χ0n) is 16.8. The average Bonchev–Trinajstić information content (AvgIpc) is 2.46. The molecule has 0 fully saturated rings. The van der Waals surface area contributed by atoms with Gasteiger partial charge in [0.1, 0.15) is 0 Å². The molecule has 0 unspecified atom stereocenters. The summed E-state index contributed by atoms with van der Waals surface area (Å²) in [7, 11) is 4.15. The first-order valence-electron chi connectivity index (χ1n) is 8.96. The van der Waals surface area contributed by atoms with Gasteiger partial charge in [-0.3, -0.25) is 4.99 Å². The standard InChI is InChI=1S/C21H35N3/c1-15(2)19-10-9-11-20(16(3)4)21(19)23-18(6)14-17(5)22-12-13-24(7)8/h9-11,14-16,23H,12-13H2,1-8H3/b18-14+,22-17?. The molecule has 0 saturated carbocycles. The Bertz CT molecular complexity index is 554. The van der Waals surface area contributed by atoms with Crippen molar-refractivity contribution >= 4 is 11.4 Å². The summed E-state index contributed by atoms with van der Waals surface area (Å²) in [5.74, 6) is 0.989. The SMILES string of the molecule is CC(/C=C(\C)Nc1c(C(C)C)cccc1C(C)C)=NCCN(C)C. The molecule has 3 heteroatoms. The van der Waals surface area contributed by atoms with E-state index >= 15 is 0 Å². The molecule has 0 bridgehead atoms. The maximum Gasteiger partial charge on any atom is 0.0519 e. The Morgan fingerprint density at radius 1 is 1.08 bits per heavy atom. The third-order valence-corrected chi connectivity index (χ3v) is 4.03. The molecule has 134 valence electrons. The topological polar surface area (TPSA) is 27.6 Å². The van der Waals surface area contributed by atoms with Crippen molar-refractivity contribution in [1.29, 1.82) is 0 Å². The molecule has 0 atom stereocenters. The minimum atomic E-state index is 0.494. The molecule has 0 aromatic heterocycles. The molecule has 0 aliphatic carbocycles. The van der Waals surface area contributed by atoms with Crippen molar-refractivity contribution in [2.75, 3.05) is 32.5 Å².